The van der Waals surface area contributed by atoms with E-state index in [0.29, 0.717) is 63.6 Å². The number of amides is 2. The third kappa shape index (κ3) is 4.44. The topological polar surface area (TPSA) is 105 Å². The Morgan fingerprint density at radius 2 is 1.52 bits per heavy atom. The van der Waals surface area contributed by atoms with Crippen molar-refractivity contribution < 1.29 is 19.1 Å². The number of hydrogen-bond acceptors (Lipinski definition) is 7. The number of nitrogens with one attached hydrogen (secondary N) is 1. The van der Waals surface area contributed by atoms with Crippen LogP contribution in [0.5, 0.6) is 0 Å². The van der Waals surface area contributed by atoms with Gasteiger partial charge in [-0.15, -0.1) is 0 Å². The number of ether oxygens (including phenoxy) is 2. The Labute approximate surface area is 171 Å². The quantitative estimate of drug-likeness (QED) is 0.555. The number of carbonyl (C=O) groups excluding carboxylic acids is 2. The number of fused-ring (bicyclic) bond motifs is 1. The molecule has 3 heterocycles. The second kappa shape index (κ2) is 8.93. The molecule has 4 rings (SSSR count). The number of aromatic nitrogens is 2. The van der Waals surface area contributed by atoms with Gasteiger partial charge >= 0.3 is 0 Å². The van der Waals surface area contributed by atoms with Crippen LogP contribution in [0.1, 0.15) is 0 Å². The molecule has 0 aliphatic carbocycles. The third-order valence-electron chi connectivity index (χ3n) is 4.89. The lowest BCUT2D eigenvalue weighted by molar-refractivity contribution is -0.144. The smallest absolute Gasteiger partial charge is 0.280 e. The molecule has 0 bridgehead atoms. The summed E-state index contributed by atoms with van der Waals surface area (Å²) in [6, 6.07) is 7.15. The summed E-state index contributed by atoms with van der Waals surface area (Å²) in [6.45, 7) is 3.43. The van der Waals surface area contributed by atoms with E-state index in [9.17, 15) is 14.4 Å². The van der Waals surface area contributed by atoms with Gasteiger partial charge in [-0.2, -0.15) is 0 Å². The van der Waals surface area contributed by atoms with E-state index < -0.39 is 10.8 Å². The highest BCUT2D eigenvalue weighted by Crippen LogP contribution is 2.24. The molecule has 2 aliphatic heterocycles. The van der Waals surface area contributed by atoms with Crippen molar-refractivity contribution in [2.24, 2.45) is 0 Å². The summed E-state index contributed by atoms with van der Waals surface area (Å²) >= 11 is 0.915. The van der Waals surface area contributed by atoms with Crippen LogP contribution < -0.4 is 5.56 Å². The molecular formula is C19H22N4O5S. The minimum Gasteiger partial charge on any atom is -0.378 e. The predicted octanol–water partition coefficient (Wildman–Crippen LogP) is 0.101. The monoisotopic (exact) mass is 418 g/mol. The van der Waals surface area contributed by atoms with Crippen molar-refractivity contribution in [1.82, 2.24) is 19.8 Å². The van der Waals surface area contributed by atoms with Crippen LogP contribution in [0.15, 0.2) is 34.1 Å². The SMILES string of the molecule is O=C(C(Sc1nc2ccccc2[nH]c1=O)C(=O)N1CCOCC1)N1CCOCC1. The van der Waals surface area contributed by atoms with Crippen LogP contribution in [0.3, 0.4) is 0 Å². The van der Waals surface area contributed by atoms with Crippen molar-refractivity contribution in [3.8, 4) is 0 Å². The van der Waals surface area contributed by atoms with Gasteiger partial charge in [-0.3, -0.25) is 14.4 Å². The number of aromatic amines is 1. The van der Waals surface area contributed by atoms with E-state index in [0.717, 1.165) is 11.8 Å². The van der Waals surface area contributed by atoms with Crippen molar-refractivity contribution in [3.63, 3.8) is 0 Å². The molecule has 1 aromatic carbocycles. The standard InChI is InChI=1S/C19H22N4O5S/c24-16-17(21-14-4-2-1-3-13(14)20-16)29-15(18(25)22-5-9-27-10-6-22)19(26)23-7-11-28-12-8-23/h1-4,15H,5-12H2,(H,20,24). The first-order chi connectivity index (χ1) is 14.1. The fraction of sp³-hybridized carbons (Fsp3) is 0.474. The molecule has 2 aliphatic rings. The summed E-state index contributed by atoms with van der Waals surface area (Å²) in [5.41, 5.74) is 0.798. The van der Waals surface area contributed by atoms with Gasteiger partial charge in [-0.1, -0.05) is 23.9 Å². The van der Waals surface area contributed by atoms with E-state index in [1.165, 1.54) is 0 Å². The Hall–Kier alpha value is -2.43. The molecule has 9 nitrogen and oxygen atoms in total. The van der Waals surface area contributed by atoms with E-state index in [4.69, 9.17) is 9.47 Å². The molecule has 0 saturated carbocycles. The Morgan fingerprint density at radius 3 is 2.10 bits per heavy atom. The first-order valence-corrected chi connectivity index (χ1v) is 10.4. The van der Waals surface area contributed by atoms with Crippen LogP contribution in [0.2, 0.25) is 0 Å². The van der Waals surface area contributed by atoms with E-state index in [2.05, 4.69) is 9.97 Å². The summed E-state index contributed by atoms with van der Waals surface area (Å²) in [5.74, 6) is -0.631. The van der Waals surface area contributed by atoms with Crippen molar-refractivity contribution in [1.29, 1.82) is 0 Å². The van der Waals surface area contributed by atoms with Crippen molar-refractivity contribution in [2.75, 3.05) is 52.6 Å². The fourth-order valence-corrected chi connectivity index (χ4v) is 4.34. The van der Waals surface area contributed by atoms with Crippen LogP contribution >= 0.6 is 11.8 Å². The lowest BCUT2D eigenvalue weighted by atomic mass is 10.2. The van der Waals surface area contributed by atoms with Crippen LogP contribution in [-0.4, -0.2) is 89.4 Å². The number of thioether (sulfide) groups is 1. The molecule has 2 amide bonds. The molecule has 1 aromatic heterocycles. The second-order valence-electron chi connectivity index (χ2n) is 6.76. The zero-order valence-corrected chi connectivity index (χ0v) is 16.7. The van der Waals surface area contributed by atoms with Crippen molar-refractivity contribution in [3.05, 3.63) is 34.6 Å². The van der Waals surface area contributed by atoms with Crippen LogP contribution in [0.25, 0.3) is 11.0 Å². The molecular weight excluding hydrogens is 396 g/mol. The molecule has 0 radical (unpaired) electrons. The lowest BCUT2D eigenvalue weighted by Crippen LogP contribution is -2.52. The number of para-hydroxylation sites is 2. The van der Waals surface area contributed by atoms with Gasteiger partial charge in [0.05, 0.1) is 37.5 Å². The first kappa shape index (κ1) is 19.9. The summed E-state index contributed by atoms with van der Waals surface area (Å²) in [4.78, 5) is 49.3. The van der Waals surface area contributed by atoms with Gasteiger partial charge in [0.2, 0.25) is 11.8 Å². The Bertz CT molecular complexity index is 923. The minimum atomic E-state index is -1.07. The molecule has 154 valence electrons. The van der Waals surface area contributed by atoms with Crippen LogP contribution in [0.4, 0.5) is 0 Å². The molecule has 29 heavy (non-hydrogen) atoms. The zero-order chi connectivity index (χ0) is 20.2. The van der Waals surface area contributed by atoms with Gasteiger partial charge in [0.25, 0.3) is 5.56 Å². The molecule has 2 aromatic rings. The van der Waals surface area contributed by atoms with E-state index in [1.807, 2.05) is 6.07 Å². The maximum Gasteiger partial charge on any atom is 0.280 e. The van der Waals surface area contributed by atoms with Gasteiger partial charge in [-0.05, 0) is 12.1 Å². The summed E-state index contributed by atoms with van der Waals surface area (Å²) in [7, 11) is 0. The minimum absolute atomic E-state index is 0.108. The Balaban J connectivity index is 1.64. The average Bonchev–Trinajstić information content (AvgIpc) is 2.78. The molecule has 2 saturated heterocycles. The normalized spacial score (nSPS) is 17.7. The molecule has 10 heteroatoms. The predicted molar refractivity (Wildman–Crippen MR) is 107 cm³/mol. The zero-order valence-electron chi connectivity index (χ0n) is 15.8. The molecule has 0 atom stereocenters. The maximum atomic E-state index is 13.2. The number of morpholine rings is 2. The number of nitrogens with zero attached hydrogens (tertiary/aromatic N) is 3. The second-order valence-corrected chi connectivity index (χ2v) is 7.86. The van der Waals surface area contributed by atoms with Crippen molar-refractivity contribution in [2.45, 2.75) is 10.3 Å². The molecule has 1 N–H and O–H groups in total. The van der Waals surface area contributed by atoms with Crippen LogP contribution in [0, 0.1) is 0 Å². The van der Waals surface area contributed by atoms with Gasteiger partial charge < -0.3 is 24.3 Å². The lowest BCUT2D eigenvalue weighted by Gasteiger charge is -2.33. The largest absolute Gasteiger partial charge is 0.378 e. The van der Waals surface area contributed by atoms with Crippen molar-refractivity contribution >= 4 is 34.6 Å². The number of benzene rings is 1. The Morgan fingerprint density at radius 1 is 0.966 bits per heavy atom. The molecule has 0 unspecified atom stereocenters. The summed E-state index contributed by atoms with van der Waals surface area (Å²) in [5, 5.41) is -0.960. The summed E-state index contributed by atoms with van der Waals surface area (Å²) in [6.07, 6.45) is 0. The van der Waals surface area contributed by atoms with Crippen LogP contribution in [-0.2, 0) is 19.1 Å². The molecule has 0 spiro atoms. The third-order valence-corrected chi connectivity index (χ3v) is 6.03. The fourth-order valence-electron chi connectivity index (χ4n) is 3.31. The van der Waals surface area contributed by atoms with E-state index >= 15 is 0 Å². The van der Waals surface area contributed by atoms with Gasteiger partial charge in [0.1, 0.15) is 0 Å². The number of carbonyl (C=O) groups is 2. The number of rotatable bonds is 4. The highest BCUT2D eigenvalue weighted by atomic mass is 32.2. The highest BCUT2D eigenvalue weighted by Gasteiger charge is 2.37. The van der Waals surface area contributed by atoms with Gasteiger partial charge in [-0.25, -0.2) is 4.98 Å². The van der Waals surface area contributed by atoms with Gasteiger partial charge in [0.15, 0.2) is 10.3 Å². The first-order valence-electron chi connectivity index (χ1n) is 9.52. The van der Waals surface area contributed by atoms with E-state index in [1.54, 1.807) is 28.0 Å². The summed E-state index contributed by atoms with van der Waals surface area (Å²) < 4.78 is 10.6. The highest BCUT2D eigenvalue weighted by molar-refractivity contribution is 8.01. The van der Waals surface area contributed by atoms with E-state index in [-0.39, 0.29) is 16.8 Å². The molecule has 2 fully saturated rings. The maximum absolute atomic E-state index is 13.2. The number of hydrogen-bond donors (Lipinski definition) is 1. The average molecular weight is 418 g/mol. The Kier molecular flexibility index (Phi) is 6.12. The van der Waals surface area contributed by atoms with Gasteiger partial charge in [0, 0.05) is 26.2 Å². The number of H-pyrrole nitrogens is 1.